The number of aryl methyl sites for hydroxylation is 1. The number of hydrogen-bond donors (Lipinski definition) is 1. The van der Waals surface area contributed by atoms with E-state index in [1.165, 1.54) is 23.1 Å². The lowest BCUT2D eigenvalue weighted by Gasteiger charge is -2.35. The van der Waals surface area contributed by atoms with Gasteiger partial charge in [0.1, 0.15) is 11.5 Å². The summed E-state index contributed by atoms with van der Waals surface area (Å²) in [6, 6.07) is 11.0. The highest BCUT2D eigenvalue weighted by molar-refractivity contribution is 8.01. The third kappa shape index (κ3) is 6.23. The zero-order valence-electron chi connectivity index (χ0n) is 18.3. The first kappa shape index (κ1) is 23.1. The number of piperazine rings is 1. The standard InChI is InChI=1S/C21H24N6O4S2/c1-14-12-17(25-31-14)22-18(28)13-32-21-24-23-20(33-21)27-10-8-26(9-11-27)19(29)15(2)30-16-6-4-3-5-7-16/h3-7,12,15H,8-11,13H2,1-2H3,(H,22,25,28)/t15-/m0/s1. The Morgan fingerprint density at radius 1 is 1.21 bits per heavy atom. The maximum atomic E-state index is 12.7. The molecule has 1 fully saturated rings. The maximum absolute atomic E-state index is 12.7. The number of aromatic nitrogens is 3. The summed E-state index contributed by atoms with van der Waals surface area (Å²) in [5.74, 6) is 1.69. The van der Waals surface area contributed by atoms with Crippen LogP contribution in [0.15, 0.2) is 45.3 Å². The number of carbonyl (C=O) groups excluding carboxylic acids is 2. The van der Waals surface area contributed by atoms with Crippen molar-refractivity contribution in [2.24, 2.45) is 0 Å². The minimum Gasteiger partial charge on any atom is -0.481 e. The molecule has 0 unspecified atom stereocenters. The average Bonchev–Trinajstić information content (AvgIpc) is 3.47. The highest BCUT2D eigenvalue weighted by Gasteiger charge is 2.27. The van der Waals surface area contributed by atoms with Gasteiger partial charge in [-0.2, -0.15) is 0 Å². The largest absolute Gasteiger partial charge is 0.481 e. The molecule has 1 N–H and O–H groups in total. The van der Waals surface area contributed by atoms with E-state index in [9.17, 15) is 9.59 Å². The third-order valence-electron chi connectivity index (χ3n) is 4.88. The fourth-order valence-corrected chi connectivity index (χ4v) is 4.94. The summed E-state index contributed by atoms with van der Waals surface area (Å²) in [5.41, 5.74) is 0. The lowest BCUT2D eigenvalue weighted by molar-refractivity contribution is -0.138. The van der Waals surface area contributed by atoms with Gasteiger partial charge in [0.2, 0.25) is 11.0 Å². The summed E-state index contributed by atoms with van der Waals surface area (Å²) in [4.78, 5) is 28.7. The zero-order valence-corrected chi connectivity index (χ0v) is 19.9. The van der Waals surface area contributed by atoms with Crippen LogP contribution in [-0.2, 0) is 9.59 Å². The Balaban J connectivity index is 1.22. The fourth-order valence-electron chi connectivity index (χ4n) is 3.25. The summed E-state index contributed by atoms with van der Waals surface area (Å²) in [7, 11) is 0. The molecule has 1 atom stereocenters. The lowest BCUT2D eigenvalue weighted by atomic mass is 10.2. The van der Waals surface area contributed by atoms with Gasteiger partial charge in [0.15, 0.2) is 16.3 Å². The molecule has 0 aliphatic carbocycles. The summed E-state index contributed by atoms with van der Waals surface area (Å²) >= 11 is 2.75. The van der Waals surface area contributed by atoms with E-state index in [4.69, 9.17) is 9.26 Å². The molecule has 0 spiro atoms. The molecule has 0 radical (unpaired) electrons. The molecule has 1 saturated heterocycles. The molecule has 1 aliphatic rings. The van der Waals surface area contributed by atoms with Gasteiger partial charge < -0.3 is 24.4 Å². The SMILES string of the molecule is Cc1cc(NC(=O)CSc2nnc(N3CCN(C(=O)[C@H](C)Oc4ccccc4)CC3)s2)no1. The maximum Gasteiger partial charge on any atom is 0.263 e. The Kier molecular flexibility index (Phi) is 7.45. The number of nitrogens with zero attached hydrogens (tertiary/aromatic N) is 5. The van der Waals surface area contributed by atoms with Crippen LogP contribution >= 0.6 is 23.1 Å². The number of carbonyl (C=O) groups is 2. The molecule has 10 nitrogen and oxygen atoms in total. The normalized spacial score (nSPS) is 14.7. The van der Waals surface area contributed by atoms with E-state index < -0.39 is 6.10 Å². The molecule has 33 heavy (non-hydrogen) atoms. The van der Waals surface area contributed by atoms with E-state index in [0.29, 0.717) is 47.8 Å². The van der Waals surface area contributed by atoms with Crippen molar-refractivity contribution in [3.05, 3.63) is 42.2 Å². The molecule has 2 amide bonds. The minimum absolute atomic E-state index is 0.0275. The van der Waals surface area contributed by atoms with Crippen molar-refractivity contribution < 1.29 is 18.8 Å². The molecule has 1 aliphatic heterocycles. The Labute approximate surface area is 199 Å². The van der Waals surface area contributed by atoms with Crippen LogP contribution in [0.2, 0.25) is 0 Å². The second kappa shape index (κ2) is 10.7. The van der Waals surface area contributed by atoms with Crippen molar-refractivity contribution in [3.63, 3.8) is 0 Å². The van der Waals surface area contributed by atoms with Gasteiger partial charge in [0, 0.05) is 32.2 Å². The van der Waals surface area contributed by atoms with Crippen LogP contribution in [0.5, 0.6) is 5.75 Å². The molecule has 0 saturated carbocycles. The van der Waals surface area contributed by atoms with Crippen LogP contribution in [0.4, 0.5) is 10.9 Å². The van der Waals surface area contributed by atoms with Gasteiger partial charge in [-0.3, -0.25) is 9.59 Å². The quantitative estimate of drug-likeness (QED) is 0.478. The predicted octanol–water partition coefficient (Wildman–Crippen LogP) is 2.68. The lowest BCUT2D eigenvalue weighted by Crippen LogP contribution is -2.52. The fraction of sp³-hybridized carbons (Fsp3) is 0.381. The molecule has 3 heterocycles. The monoisotopic (exact) mass is 488 g/mol. The number of para-hydroxylation sites is 1. The average molecular weight is 489 g/mol. The van der Waals surface area contributed by atoms with Crippen molar-refractivity contribution in [2.45, 2.75) is 24.3 Å². The van der Waals surface area contributed by atoms with Crippen LogP contribution < -0.4 is 15.0 Å². The number of anilines is 2. The molecular weight excluding hydrogens is 464 g/mol. The van der Waals surface area contributed by atoms with E-state index in [2.05, 4.69) is 25.6 Å². The zero-order chi connectivity index (χ0) is 23.2. The molecule has 1 aromatic carbocycles. The van der Waals surface area contributed by atoms with Crippen LogP contribution in [0.1, 0.15) is 12.7 Å². The van der Waals surface area contributed by atoms with E-state index in [1.54, 1.807) is 19.9 Å². The second-order valence-electron chi connectivity index (χ2n) is 7.40. The van der Waals surface area contributed by atoms with Gasteiger partial charge in [-0.15, -0.1) is 10.2 Å². The number of thioether (sulfide) groups is 1. The summed E-state index contributed by atoms with van der Waals surface area (Å²) in [6.45, 7) is 6.03. The van der Waals surface area contributed by atoms with Gasteiger partial charge in [-0.1, -0.05) is 46.5 Å². The molecular formula is C21H24N6O4S2. The van der Waals surface area contributed by atoms with Gasteiger partial charge in [-0.25, -0.2) is 0 Å². The van der Waals surface area contributed by atoms with E-state index >= 15 is 0 Å². The van der Waals surface area contributed by atoms with E-state index in [-0.39, 0.29) is 17.6 Å². The predicted molar refractivity (Wildman–Crippen MR) is 126 cm³/mol. The Morgan fingerprint density at radius 3 is 2.67 bits per heavy atom. The summed E-state index contributed by atoms with van der Waals surface area (Å²) < 4.78 is 11.4. The molecule has 12 heteroatoms. The summed E-state index contributed by atoms with van der Waals surface area (Å²) in [6.07, 6.45) is -0.546. The molecule has 4 rings (SSSR count). The van der Waals surface area contributed by atoms with Crippen molar-refractivity contribution in [2.75, 3.05) is 42.1 Å². The number of hydrogen-bond acceptors (Lipinski definition) is 10. The highest BCUT2D eigenvalue weighted by Crippen LogP contribution is 2.29. The minimum atomic E-state index is -0.546. The number of benzene rings is 1. The first-order valence-corrected chi connectivity index (χ1v) is 12.2. The van der Waals surface area contributed by atoms with Crippen molar-refractivity contribution in [3.8, 4) is 5.75 Å². The van der Waals surface area contributed by atoms with Crippen molar-refractivity contribution in [1.82, 2.24) is 20.3 Å². The van der Waals surface area contributed by atoms with Crippen LogP contribution in [-0.4, -0.2) is 70.1 Å². The first-order valence-electron chi connectivity index (χ1n) is 10.4. The Hall–Kier alpha value is -3.12. The van der Waals surface area contributed by atoms with Crippen molar-refractivity contribution in [1.29, 1.82) is 0 Å². The smallest absolute Gasteiger partial charge is 0.263 e. The molecule has 3 aromatic rings. The second-order valence-corrected chi connectivity index (χ2v) is 9.57. The number of amides is 2. The topological polar surface area (TPSA) is 114 Å². The Bertz CT molecular complexity index is 1080. The molecule has 0 bridgehead atoms. The van der Waals surface area contributed by atoms with E-state index in [0.717, 1.165) is 5.13 Å². The first-order chi connectivity index (χ1) is 16.0. The van der Waals surface area contributed by atoms with Crippen LogP contribution in [0.25, 0.3) is 0 Å². The number of rotatable bonds is 8. The highest BCUT2D eigenvalue weighted by atomic mass is 32.2. The number of nitrogens with one attached hydrogen (secondary N) is 1. The van der Waals surface area contributed by atoms with Gasteiger partial charge in [0.25, 0.3) is 5.91 Å². The van der Waals surface area contributed by atoms with Crippen LogP contribution in [0.3, 0.4) is 0 Å². The third-order valence-corrected chi connectivity index (χ3v) is 7.00. The van der Waals surface area contributed by atoms with Gasteiger partial charge in [-0.05, 0) is 26.0 Å². The Morgan fingerprint density at radius 2 is 1.97 bits per heavy atom. The molecule has 174 valence electrons. The van der Waals surface area contributed by atoms with Gasteiger partial charge in [0.05, 0.1) is 5.75 Å². The van der Waals surface area contributed by atoms with E-state index in [1.807, 2.05) is 35.2 Å². The summed E-state index contributed by atoms with van der Waals surface area (Å²) in [5, 5.41) is 15.6. The van der Waals surface area contributed by atoms with Crippen molar-refractivity contribution >= 4 is 45.9 Å². The van der Waals surface area contributed by atoms with Crippen LogP contribution in [0, 0.1) is 6.92 Å². The molecule has 2 aromatic heterocycles. The number of ether oxygens (including phenoxy) is 1. The van der Waals surface area contributed by atoms with Gasteiger partial charge >= 0.3 is 0 Å².